The quantitative estimate of drug-likeness (QED) is 0.648. The van der Waals surface area contributed by atoms with Crippen LogP contribution in [0.25, 0.3) is 5.69 Å². The van der Waals surface area contributed by atoms with Crippen molar-refractivity contribution < 1.29 is 19.7 Å². The van der Waals surface area contributed by atoms with Crippen molar-refractivity contribution >= 4 is 17.3 Å². The SMILES string of the molecule is Cc1c(C(=O)O)nnn1-c1cc([N+](=O)[O-])cc([N+](=O)[O-])c1. The van der Waals surface area contributed by atoms with E-state index in [1.165, 1.54) is 6.92 Å². The highest BCUT2D eigenvalue weighted by molar-refractivity contribution is 5.86. The lowest BCUT2D eigenvalue weighted by Crippen LogP contribution is -2.04. The van der Waals surface area contributed by atoms with Gasteiger partial charge in [0.2, 0.25) is 0 Å². The van der Waals surface area contributed by atoms with Crippen molar-refractivity contribution in [1.29, 1.82) is 0 Å². The minimum Gasteiger partial charge on any atom is -0.476 e. The summed E-state index contributed by atoms with van der Waals surface area (Å²) < 4.78 is 0.990. The van der Waals surface area contributed by atoms with Crippen molar-refractivity contribution in [3.05, 3.63) is 49.8 Å². The van der Waals surface area contributed by atoms with Gasteiger partial charge in [-0.15, -0.1) is 5.10 Å². The zero-order valence-corrected chi connectivity index (χ0v) is 10.5. The molecule has 21 heavy (non-hydrogen) atoms. The molecular formula is C10H7N5O6. The maximum Gasteiger partial charge on any atom is 0.358 e. The smallest absolute Gasteiger partial charge is 0.358 e. The van der Waals surface area contributed by atoms with Crippen molar-refractivity contribution in [2.45, 2.75) is 6.92 Å². The highest BCUT2D eigenvalue weighted by Gasteiger charge is 2.21. The fourth-order valence-corrected chi connectivity index (χ4v) is 1.68. The maximum atomic E-state index is 10.9. The number of benzene rings is 1. The predicted molar refractivity (Wildman–Crippen MR) is 66.4 cm³/mol. The van der Waals surface area contributed by atoms with Crippen molar-refractivity contribution in [2.24, 2.45) is 0 Å². The molecule has 0 aliphatic carbocycles. The van der Waals surface area contributed by atoms with Gasteiger partial charge in [0.15, 0.2) is 5.69 Å². The van der Waals surface area contributed by atoms with Gasteiger partial charge in [0.25, 0.3) is 11.4 Å². The predicted octanol–water partition coefficient (Wildman–Crippen LogP) is 1.09. The van der Waals surface area contributed by atoms with Crippen LogP contribution < -0.4 is 0 Å². The van der Waals surface area contributed by atoms with Gasteiger partial charge in [-0.2, -0.15) is 0 Å². The summed E-state index contributed by atoms with van der Waals surface area (Å²) in [6.45, 7) is 1.38. The van der Waals surface area contributed by atoms with Crippen molar-refractivity contribution in [2.75, 3.05) is 0 Å². The van der Waals surface area contributed by atoms with E-state index in [4.69, 9.17) is 5.11 Å². The second kappa shape index (κ2) is 4.96. The van der Waals surface area contributed by atoms with Crippen LogP contribution in [0.5, 0.6) is 0 Å². The molecule has 0 amide bonds. The van der Waals surface area contributed by atoms with Crippen molar-refractivity contribution in [3.63, 3.8) is 0 Å². The average molecular weight is 293 g/mol. The van der Waals surface area contributed by atoms with Crippen LogP contribution in [0.2, 0.25) is 0 Å². The molecule has 108 valence electrons. The van der Waals surface area contributed by atoms with Gasteiger partial charge < -0.3 is 5.11 Å². The Bertz CT molecular complexity index is 735. The number of nitro groups is 2. The number of non-ortho nitro benzene ring substituents is 2. The number of carbonyl (C=O) groups is 1. The van der Waals surface area contributed by atoms with Gasteiger partial charge in [-0.25, -0.2) is 9.48 Å². The molecule has 2 aromatic rings. The Hall–Kier alpha value is -3.37. The monoisotopic (exact) mass is 293 g/mol. The third-order valence-corrected chi connectivity index (χ3v) is 2.65. The first-order valence-electron chi connectivity index (χ1n) is 5.41. The molecule has 1 heterocycles. The first-order chi connectivity index (χ1) is 9.81. The molecule has 1 aromatic heterocycles. The number of rotatable bonds is 4. The zero-order valence-electron chi connectivity index (χ0n) is 10.5. The molecule has 2 rings (SSSR count). The van der Waals surface area contributed by atoms with E-state index in [1.54, 1.807) is 0 Å². The van der Waals surface area contributed by atoms with Crippen LogP contribution in [0.1, 0.15) is 16.2 Å². The molecule has 0 aliphatic heterocycles. The first-order valence-corrected chi connectivity index (χ1v) is 5.41. The highest BCUT2D eigenvalue weighted by atomic mass is 16.6. The van der Waals surface area contributed by atoms with Crippen LogP contribution in [-0.2, 0) is 0 Å². The highest BCUT2D eigenvalue weighted by Crippen LogP contribution is 2.25. The number of nitrogens with zero attached hydrogens (tertiary/aromatic N) is 5. The first kappa shape index (κ1) is 14.0. The third kappa shape index (κ3) is 2.51. The molecule has 11 nitrogen and oxygen atoms in total. The lowest BCUT2D eigenvalue weighted by molar-refractivity contribution is -0.394. The maximum absolute atomic E-state index is 10.9. The largest absolute Gasteiger partial charge is 0.476 e. The Morgan fingerprint density at radius 3 is 2.10 bits per heavy atom. The number of hydrogen-bond acceptors (Lipinski definition) is 7. The van der Waals surface area contributed by atoms with E-state index in [0.29, 0.717) is 0 Å². The van der Waals surface area contributed by atoms with E-state index in [0.717, 1.165) is 22.9 Å². The molecule has 0 bridgehead atoms. The fourth-order valence-electron chi connectivity index (χ4n) is 1.68. The normalized spacial score (nSPS) is 10.3. The van der Waals surface area contributed by atoms with E-state index in [-0.39, 0.29) is 17.1 Å². The molecule has 0 saturated heterocycles. The van der Waals surface area contributed by atoms with Crippen LogP contribution in [0.3, 0.4) is 0 Å². The van der Waals surface area contributed by atoms with Gasteiger partial charge in [-0.3, -0.25) is 20.2 Å². The summed E-state index contributed by atoms with van der Waals surface area (Å²) in [6.07, 6.45) is 0. The van der Waals surface area contributed by atoms with Gasteiger partial charge in [0, 0.05) is 12.1 Å². The molecule has 0 saturated carbocycles. The summed E-state index contributed by atoms with van der Waals surface area (Å²) in [5.41, 5.74) is -1.29. The molecule has 1 N–H and O–H groups in total. The number of nitro benzene ring substituents is 2. The molecule has 11 heteroatoms. The zero-order chi connectivity index (χ0) is 15.7. The molecule has 0 fully saturated rings. The van der Waals surface area contributed by atoms with E-state index < -0.39 is 27.2 Å². The van der Waals surface area contributed by atoms with Crippen LogP contribution in [0.15, 0.2) is 18.2 Å². The molecule has 0 atom stereocenters. The number of carboxylic acids is 1. The minimum absolute atomic E-state index is 0.0200. The second-order valence-corrected chi connectivity index (χ2v) is 3.96. The van der Waals surface area contributed by atoms with E-state index in [9.17, 15) is 25.0 Å². The molecule has 0 unspecified atom stereocenters. The number of hydrogen-bond donors (Lipinski definition) is 1. The summed E-state index contributed by atoms with van der Waals surface area (Å²) in [6, 6.07) is 2.88. The number of aromatic carboxylic acids is 1. The van der Waals surface area contributed by atoms with E-state index in [2.05, 4.69) is 10.3 Å². The molecule has 1 aromatic carbocycles. The van der Waals surface area contributed by atoms with Gasteiger partial charge >= 0.3 is 5.97 Å². The summed E-state index contributed by atoms with van der Waals surface area (Å²) in [4.78, 5) is 30.9. The summed E-state index contributed by atoms with van der Waals surface area (Å²) in [7, 11) is 0. The Labute approximate surface area is 115 Å². The minimum atomic E-state index is -1.32. The Kier molecular flexibility index (Phi) is 3.32. The van der Waals surface area contributed by atoms with E-state index >= 15 is 0 Å². The Morgan fingerprint density at radius 1 is 1.19 bits per heavy atom. The van der Waals surface area contributed by atoms with Crippen molar-refractivity contribution in [1.82, 2.24) is 15.0 Å². The second-order valence-electron chi connectivity index (χ2n) is 3.96. The van der Waals surface area contributed by atoms with Gasteiger partial charge in [0.1, 0.15) is 0 Å². The van der Waals surface area contributed by atoms with Crippen LogP contribution in [-0.4, -0.2) is 35.9 Å². The van der Waals surface area contributed by atoms with Crippen LogP contribution in [0, 0.1) is 27.2 Å². The molecular weight excluding hydrogens is 286 g/mol. The number of carboxylic acid groups (broad SMARTS) is 1. The Balaban J connectivity index is 2.66. The summed E-state index contributed by atoms with van der Waals surface area (Å²) in [5, 5.41) is 37.4. The lowest BCUT2D eigenvalue weighted by atomic mass is 10.2. The van der Waals surface area contributed by atoms with Crippen LogP contribution >= 0.6 is 0 Å². The van der Waals surface area contributed by atoms with Gasteiger partial charge in [0.05, 0.1) is 27.3 Å². The number of aromatic nitrogens is 3. The average Bonchev–Trinajstić information content (AvgIpc) is 2.80. The van der Waals surface area contributed by atoms with E-state index in [1.807, 2.05) is 0 Å². The van der Waals surface area contributed by atoms with Gasteiger partial charge in [-0.1, -0.05) is 5.21 Å². The lowest BCUT2D eigenvalue weighted by Gasteiger charge is -2.03. The third-order valence-electron chi connectivity index (χ3n) is 2.65. The summed E-state index contributed by atoms with van der Waals surface area (Å²) >= 11 is 0. The molecule has 0 radical (unpaired) electrons. The molecule has 0 spiro atoms. The fraction of sp³-hybridized carbons (Fsp3) is 0.100. The Morgan fingerprint density at radius 2 is 1.71 bits per heavy atom. The standard InChI is InChI=1S/C10H7N5O6/c1-5-9(10(16)17)11-12-13(5)6-2-7(14(18)19)4-8(3-6)15(20)21/h2-4H,1H3,(H,16,17). The van der Waals surface area contributed by atoms with Crippen molar-refractivity contribution in [3.8, 4) is 5.69 Å². The molecule has 0 aliphatic rings. The van der Waals surface area contributed by atoms with Gasteiger partial charge in [-0.05, 0) is 6.92 Å². The topological polar surface area (TPSA) is 154 Å². The summed E-state index contributed by atoms with van der Waals surface area (Å²) in [5.74, 6) is -1.32. The van der Waals surface area contributed by atoms with Crippen LogP contribution in [0.4, 0.5) is 11.4 Å².